The van der Waals surface area contributed by atoms with Gasteiger partial charge in [0.05, 0.1) is 5.69 Å². The minimum absolute atomic E-state index is 0.220. The maximum Gasteiger partial charge on any atom is 0.255 e. The van der Waals surface area contributed by atoms with Crippen LogP contribution in [0.5, 0.6) is 0 Å². The summed E-state index contributed by atoms with van der Waals surface area (Å²) in [6.07, 6.45) is 0. The molecule has 0 bridgehead atoms. The van der Waals surface area contributed by atoms with E-state index in [9.17, 15) is 4.79 Å². The van der Waals surface area contributed by atoms with Crippen LogP contribution >= 0.6 is 44.1 Å². The summed E-state index contributed by atoms with van der Waals surface area (Å²) in [6.45, 7) is 0. The SMILES string of the molecule is NC(=S)c1cccc(C(=O)Nc2cc(Br)ccc2Br)c1. The molecule has 0 saturated carbocycles. The van der Waals surface area contributed by atoms with Crippen molar-refractivity contribution in [1.29, 1.82) is 0 Å². The Morgan fingerprint density at radius 1 is 1.10 bits per heavy atom. The highest BCUT2D eigenvalue weighted by molar-refractivity contribution is 9.11. The molecule has 0 aromatic heterocycles. The number of hydrogen-bond donors (Lipinski definition) is 2. The van der Waals surface area contributed by atoms with Gasteiger partial charge in [0.25, 0.3) is 5.91 Å². The number of thiocarbonyl (C=S) groups is 1. The molecule has 0 fully saturated rings. The average Bonchev–Trinajstić information content (AvgIpc) is 2.43. The third kappa shape index (κ3) is 3.65. The number of benzene rings is 2. The van der Waals surface area contributed by atoms with Crippen LogP contribution in [0.25, 0.3) is 0 Å². The Bertz CT molecular complexity index is 689. The van der Waals surface area contributed by atoms with Crippen LogP contribution in [0.3, 0.4) is 0 Å². The molecule has 0 spiro atoms. The van der Waals surface area contributed by atoms with Crippen LogP contribution in [-0.2, 0) is 0 Å². The largest absolute Gasteiger partial charge is 0.389 e. The van der Waals surface area contributed by atoms with E-state index in [1.165, 1.54) is 0 Å². The van der Waals surface area contributed by atoms with Crippen LogP contribution in [-0.4, -0.2) is 10.9 Å². The van der Waals surface area contributed by atoms with Crippen molar-refractivity contribution >= 4 is 60.7 Å². The van der Waals surface area contributed by atoms with Gasteiger partial charge in [0.2, 0.25) is 0 Å². The van der Waals surface area contributed by atoms with Crippen LogP contribution in [0.4, 0.5) is 5.69 Å². The predicted octanol–water partition coefficient (Wildman–Crippen LogP) is 4.10. The van der Waals surface area contributed by atoms with Crippen molar-refractivity contribution in [3.8, 4) is 0 Å². The Hall–Kier alpha value is -1.24. The van der Waals surface area contributed by atoms with Gasteiger partial charge in [-0.3, -0.25) is 4.79 Å². The molecule has 2 aromatic carbocycles. The normalized spacial score (nSPS) is 10.1. The molecule has 0 atom stereocenters. The van der Waals surface area contributed by atoms with Crippen molar-refractivity contribution in [2.45, 2.75) is 0 Å². The van der Waals surface area contributed by atoms with E-state index in [2.05, 4.69) is 37.2 Å². The number of halogens is 2. The number of carbonyl (C=O) groups is 1. The maximum atomic E-state index is 12.2. The van der Waals surface area contributed by atoms with Gasteiger partial charge >= 0.3 is 0 Å². The average molecular weight is 414 g/mol. The van der Waals surface area contributed by atoms with Crippen LogP contribution in [0, 0.1) is 0 Å². The van der Waals surface area contributed by atoms with E-state index < -0.39 is 0 Å². The standard InChI is InChI=1S/C14H10Br2N2OS/c15-10-4-5-11(16)12(7-10)18-14(19)9-3-1-2-8(6-9)13(17)20/h1-7H,(H2,17,20)(H,18,19). The molecule has 0 heterocycles. The minimum Gasteiger partial charge on any atom is -0.389 e. The van der Waals surface area contributed by atoms with Gasteiger partial charge in [-0.25, -0.2) is 0 Å². The van der Waals surface area contributed by atoms with Crippen LogP contribution < -0.4 is 11.1 Å². The monoisotopic (exact) mass is 412 g/mol. The van der Waals surface area contributed by atoms with Gasteiger partial charge in [-0.1, -0.05) is 40.3 Å². The number of rotatable bonds is 3. The Morgan fingerprint density at radius 2 is 1.80 bits per heavy atom. The molecule has 102 valence electrons. The molecule has 0 aliphatic carbocycles. The highest BCUT2D eigenvalue weighted by atomic mass is 79.9. The lowest BCUT2D eigenvalue weighted by molar-refractivity contribution is 0.102. The number of nitrogens with one attached hydrogen (secondary N) is 1. The van der Waals surface area contributed by atoms with Gasteiger partial charge in [0, 0.05) is 20.1 Å². The zero-order valence-electron chi connectivity index (χ0n) is 10.2. The van der Waals surface area contributed by atoms with Gasteiger partial charge < -0.3 is 11.1 Å². The third-order valence-electron chi connectivity index (χ3n) is 2.59. The molecule has 2 aromatic rings. The van der Waals surface area contributed by atoms with E-state index in [1.807, 2.05) is 18.2 Å². The molecule has 0 aliphatic rings. The third-order valence-corrected chi connectivity index (χ3v) is 4.01. The molecule has 2 rings (SSSR count). The van der Waals surface area contributed by atoms with Crippen molar-refractivity contribution in [3.05, 3.63) is 62.5 Å². The summed E-state index contributed by atoms with van der Waals surface area (Å²) >= 11 is 11.7. The molecule has 3 N–H and O–H groups in total. The summed E-state index contributed by atoms with van der Waals surface area (Å²) < 4.78 is 1.69. The summed E-state index contributed by atoms with van der Waals surface area (Å²) in [5, 5.41) is 2.83. The van der Waals surface area contributed by atoms with Crippen molar-refractivity contribution in [2.75, 3.05) is 5.32 Å². The second-order valence-electron chi connectivity index (χ2n) is 4.02. The Kier molecular flexibility index (Phi) is 4.91. The molecule has 20 heavy (non-hydrogen) atoms. The smallest absolute Gasteiger partial charge is 0.255 e. The van der Waals surface area contributed by atoms with Crippen molar-refractivity contribution in [2.24, 2.45) is 5.73 Å². The first-order chi connectivity index (χ1) is 9.47. The quantitative estimate of drug-likeness (QED) is 0.744. The van der Waals surface area contributed by atoms with E-state index in [-0.39, 0.29) is 10.9 Å². The topological polar surface area (TPSA) is 55.1 Å². The molecular weight excluding hydrogens is 404 g/mol. The zero-order valence-corrected chi connectivity index (χ0v) is 14.2. The zero-order chi connectivity index (χ0) is 14.7. The second-order valence-corrected chi connectivity index (χ2v) is 6.23. The highest BCUT2D eigenvalue weighted by Gasteiger charge is 2.10. The Morgan fingerprint density at radius 3 is 2.50 bits per heavy atom. The molecule has 0 unspecified atom stereocenters. The second kappa shape index (κ2) is 6.47. The summed E-state index contributed by atoms with van der Waals surface area (Å²) in [6, 6.07) is 12.5. The summed E-state index contributed by atoms with van der Waals surface area (Å²) in [5.41, 5.74) is 7.42. The first kappa shape index (κ1) is 15.2. The van der Waals surface area contributed by atoms with Crippen molar-refractivity contribution in [1.82, 2.24) is 0 Å². The van der Waals surface area contributed by atoms with Crippen LogP contribution in [0.1, 0.15) is 15.9 Å². The lowest BCUT2D eigenvalue weighted by Gasteiger charge is -2.09. The van der Waals surface area contributed by atoms with Crippen molar-refractivity contribution in [3.63, 3.8) is 0 Å². The van der Waals surface area contributed by atoms with E-state index in [0.717, 1.165) is 8.95 Å². The first-order valence-corrected chi connectivity index (χ1v) is 7.63. The number of hydrogen-bond acceptors (Lipinski definition) is 2. The fourth-order valence-corrected chi connectivity index (χ4v) is 2.44. The lowest BCUT2D eigenvalue weighted by atomic mass is 10.1. The molecular formula is C14H10Br2N2OS. The molecule has 0 saturated heterocycles. The number of anilines is 1. The maximum absolute atomic E-state index is 12.2. The van der Waals surface area contributed by atoms with Gasteiger partial charge in [-0.2, -0.15) is 0 Å². The van der Waals surface area contributed by atoms with E-state index in [4.69, 9.17) is 18.0 Å². The number of nitrogens with two attached hydrogens (primary N) is 1. The van der Waals surface area contributed by atoms with E-state index >= 15 is 0 Å². The fraction of sp³-hybridized carbons (Fsp3) is 0. The molecule has 3 nitrogen and oxygen atoms in total. The molecule has 0 aliphatic heterocycles. The van der Waals surface area contributed by atoms with Gasteiger partial charge in [0.15, 0.2) is 0 Å². The molecule has 1 amide bonds. The van der Waals surface area contributed by atoms with Crippen LogP contribution in [0.15, 0.2) is 51.4 Å². The molecule has 6 heteroatoms. The Labute approximate surface area is 138 Å². The van der Waals surface area contributed by atoms with Gasteiger partial charge in [-0.15, -0.1) is 0 Å². The fourth-order valence-electron chi connectivity index (χ4n) is 1.60. The van der Waals surface area contributed by atoms with E-state index in [1.54, 1.807) is 24.3 Å². The lowest BCUT2D eigenvalue weighted by Crippen LogP contribution is -2.15. The van der Waals surface area contributed by atoms with E-state index in [0.29, 0.717) is 16.8 Å². The Balaban J connectivity index is 2.26. The van der Waals surface area contributed by atoms with Crippen LogP contribution in [0.2, 0.25) is 0 Å². The predicted molar refractivity (Wildman–Crippen MR) is 92.1 cm³/mol. The summed E-state index contributed by atoms with van der Waals surface area (Å²) in [4.78, 5) is 12.5. The number of amides is 1. The van der Waals surface area contributed by atoms with Crippen molar-refractivity contribution < 1.29 is 4.79 Å². The minimum atomic E-state index is -0.220. The first-order valence-electron chi connectivity index (χ1n) is 5.63. The highest BCUT2D eigenvalue weighted by Crippen LogP contribution is 2.26. The van der Waals surface area contributed by atoms with Gasteiger partial charge in [-0.05, 0) is 46.3 Å². The molecule has 0 radical (unpaired) electrons. The number of carbonyl (C=O) groups excluding carboxylic acids is 1. The summed E-state index contributed by atoms with van der Waals surface area (Å²) in [7, 11) is 0. The summed E-state index contributed by atoms with van der Waals surface area (Å²) in [5.74, 6) is -0.220. The van der Waals surface area contributed by atoms with Gasteiger partial charge in [0.1, 0.15) is 4.99 Å².